The summed E-state index contributed by atoms with van der Waals surface area (Å²) >= 11 is 2.34. The molecule has 0 aliphatic carbocycles. The minimum Gasteiger partial charge on any atom is -0.369 e. The minimum absolute atomic E-state index is 0.0108. The Morgan fingerprint density at radius 2 is 1.71 bits per heavy atom. The van der Waals surface area contributed by atoms with Crippen molar-refractivity contribution >= 4 is 28.4 Å². The molecule has 3 nitrogen and oxygen atoms in total. The third-order valence-corrected chi connectivity index (χ3v) is 4.24. The Morgan fingerprint density at radius 3 is 2.24 bits per heavy atom. The number of benzene rings is 1. The molecule has 0 fully saturated rings. The SMILES string of the molecule is CCNc1nc(-c2ccc(C)cc2)nc(C(C)(C)C)c1I. The lowest BCUT2D eigenvalue weighted by molar-refractivity contribution is 0.564. The standard InChI is InChI=1S/C17H22IN3/c1-6-19-16-13(18)14(17(3,4)5)20-15(21-16)12-9-7-11(2)8-10-12/h7-10H,6H2,1-5H3,(H,19,20,21). The highest BCUT2D eigenvalue weighted by Gasteiger charge is 2.23. The molecular weight excluding hydrogens is 373 g/mol. The van der Waals surface area contributed by atoms with Crippen LogP contribution in [-0.2, 0) is 5.41 Å². The fourth-order valence-corrected chi connectivity index (χ4v) is 3.30. The number of halogens is 1. The monoisotopic (exact) mass is 395 g/mol. The van der Waals surface area contributed by atoms with Gasteiger partial charge in [0, 0.05) is 17.5 Å². The lowest BCUT2D eigenvalue weighted by Gasteiger charge is -2.22. The van der Waals surface area contributed by atoms with E-state index in [9.17, 15) is 0 Å². The van der Waals surface area contributed by atoms with Crippen LogP contribution in [0, 0.1) is 10.5 Å². The van der Waals surface area contributed by atoms with E-state index < -0.39 is 0 Å². The Hall–Kier alpha value is -1.17. The van der Waals surface area contributed by atoms with Crippen molar-refractivity contribution in [2.75, 3.05) is 11.9 Å². The number of rotatable bonds is 3. The van der Waals surface area contributed by atoms with Gasteiger partial charge in [0.25, 0.3) is 0 Å². The summed E-state index contributed by atoms with van der Waals surface area (Å²) in [6, 6.07) is 8.36. The molecule has 1 N–H and O–H groups in total. The number of hydrogen-bond donors (Lipinski definition) is 1. The number of nitrogens with one attached hydrogen (secondary N) is 1. The second-order valence-electron chi connectivity index (χ2n) is 6.20. The molecule has 0 amide bonds. The molecular formula is C17H22IN3. The highest BCUT2D eigenvalue weighted by Crippen LogP contribution is 2.31. The molecule has 21 heavy (non-hydrogen) atoms. The van der Waals surface area contributed by atoms with E-state index in [2.05, 4.69) is 86.8 Å². The molecule has 2 aromatic rings. The predicted molar refractivity (Wildman–Crippen MR) is 97.8 cm³/mol. The van der Waals surface area contributed by atoms with Crippen molar-refractivity contribution in [3.8, 4) is 11.4 Å². The van der Waals surface area contributed by atoms with Crippen LogP contribution >= 0.6 is 22.6 Å². The number of nitrogens with zero attached hydrogens (tertiary/aromatic N) is 2. The van der Waals surface area contributed by atoms with Gasteiger partial charge in [0.15, 0.2) is 5.82 Å². The molecule has 0 aliphatic rings. The van der Waals surface area contributed by atoms with E-state index in [4.69, 9.17) is 9.97 Å². The van der Waals surface area contributed by atoms with Crippen LogP contribution in [0.25, 0.3) is 11.4 Å². The summed E-state index contributed by atoms with van der Waals surface area (Å²) in [5, 5.41) is 3.35. The van der Waals surface area contributed by atoms with Crippen molar-refractivity contribution < 1.29 is 0 Å². The maximum Gasteiger partial charge on any atom is 0.161 e. The molecule has 0 unspecified atom stereocenters. The third-order valence-electron chi connectivity index (χ3n) is 3.22. The van der Waals surface area contributed by atoms with Crippen molar-refractivity contribution in [2.24, 2.45) is 0 Å². The minimum atomic E-state index is -0.0108. The molecule has 0 saturated carbocycles. The largest absolute Gasteiger partial charge is 0.369 e. The van der Waals surface area contributed by atoms with Crippen LogP contribution in [0.1, 0.15) is 39.0 Å². The Morgan fingerprint density at radius 1 is 1.10 bits per heavy atom. The summed E-state index contributed by atoms with van der Waals surface area (Å²) in [5.74, 6) is 1.71. The first-order valence-corrected chi connectivity index (χ1v) is 8.29. The summed E-state index contributed by atoms with van der Waals surface area (Å²) in [6.07, 6.45) is 0. The molecule has 1 aromatic heterocycles. The molecule has 0 aliphatic heterocycles. The first kappa shape index (κ1) is 16.2. The van der Waals surface area contributed by atoms with Gasteiger partial charge >= 0.3 is 0 Å². The summed E-state index contributed by atoms with van der Waals surface area (Å²) in [7, 11) is 0. The maximum atomic E-state index is 4.83. The Balaban J connectivity index is 2.61. The Bertz CT molecular complexity index is 628. The lowest BCUT2D eigenvalue weighted by atomic mass is 9.91. The number of aryl methyl sites for hydroxylation is 1. The maximum absolute atomic E-state index is 4.83. The Kier molecular flexibility index (Phi) is 4.86. The van der Waals surface area contributed by atoms with Gasteiger partial charge in [-0.05, 0) is 36.4 Å². The van der Waals surface area contributed by atoms with Crippen LogP contribution in [0.3, 0.4) is 0 Å². The van der Waals surface area contributed by atoms with Gasteiger partial charge in [-0.2, -0.15) is 0 Å². The molecule has 0 saturated heterocycles. The van der Waals surface area contributed by atoms with Gasteiger partial charge in [0.05, 0.1) is 9.26 Å². The molecule has 1 aromatic carbocycles. The first-order chi connectivity index (χ1) is 9.82. The smallest absolute Gasteiger partial charge is 0.161 e. The van der Waals surface area contributed by atoms with E-state index in [0.29, 0.717) is 0 Å². The van der Waals surface area contributed by atoms with E-state index in [0.717, 1.165) is 33.0 Å². The highest BCUT2D eigenvalue weighted by atomic mass is 127. The van der Waals surface area contributed by atoms with Crippen LogP contribution in [0.2, 0.25) is 0 Å². The van der Waals surface area contributed by atoms with Crippen LogP contribution in [-0.4, -0.2) is 16.5 Å². The highest BCUT2D eigenvalue weighted by molar-refractivity contribution is 14.1. The summed E-state index contributed by atoms with van der Waals surface area (Å²) in [4.78, 5) is 9.53. The Labute approximate surface area is 140 Å². The van der Waals surface area contributed by atoms with E-state index in [1.54, 1.807) is 0 Å². The quantitative estimate of drug-likeness (QED) is 0.760. The lowest BCUT2D eigenvalue weighted by Crippen LogP contribution is -2.19. The fourth-order valence-electron chi connectivity index (χ4n) is 2.06. The molecule has 4 heteroatoms. The summed E-state index contributed by atoms with van der Waals surface area (Å²) in [6.45, 7) is 11.6. The molecule has 112 valence electrons. The number of hydrogen-bond acceptors (Lipinski definition) is 3. The van der Waals surface area contributed by atoms with E-state index >= 15 is 0 Å². The third kappa shape index (κ3) is 3.73. The predicted octanol–water partition coefficient (Wildman–Crippen LogP) is 4.79. The normalized spacial score (nSPS) is 11.5. The fraction of sp³-hybridized carbons (Fsp3) is 0.412. The van der Waals surface area contributed by atoms with Gasteiger partial charge in [-0.25, -0.2) is 9.97 Å². The van der Waals surface area contributed by atoms with Gasteiger partial charge in [-0.1, -0.05) is 50.6 Å². The van der Waals surface area contributed by atoms with Gasteiger partial charge in [-0.15, -0.1) is 0 Å². The summed E-state index contributed by atoms with van der Waals surface area (Å²) in [5.41, 5.74) is 3.38. The first-order valence-electron chi connectivity index (χ1n) is 7.22. The van der Waals surface area contributed by atoms with Crippen molar-refractivity contribution in [1.82, 2.24) is 9.97 Å². The molecule has 1 heterocycles. The van der Waals surface area contributed by atoms with Crippen LogP contribution in [0.15, 0.2) is 24.3 Å². The molecule has 0 spiro atoms. The van der Waals surface area contributed by atoms with Crippen molar-refractivity contribution in [1.29, 1.82) is 0 Å². The second-order valence-corrected chi connectivity index (χ2v) is 7.28. The molecule has 2 rings (SSSR count). The van der Waals surface area contributed by atoms with Crippen LogP contribution in [0.5, 0.6) is 0 Å². The second kappa shape index (κ2) is 6.30. The van der Waals surface area contributed by atoms with E-state index in [1.165, 1.54) is 5.56 Å². The average Bonchev–Trinajstić information content (AvgIpc) is 2.41. The van der Waals surface area contributed by atoms with E-state index in [1.807, 2.05) is 0 Å². The topological polar surface area (TPSA) is 37.8 Å². The number of aromatic nitrogens is 2. The number of anilines is 1. The van der Waals surface area contributed by atoms with Crippen molar-refractivity contribution in [3.05, 3.63) is 39.1 Å². The van der Waals surface area contributed by atoms with Crippen molar-refractivity contribution in [2.45, 2.75) is 40.0 Å². The molecule has 0 atom stereocenters. The zero-order valence-electron chi connectivity index (χ0n) is 13.3. The van der Waals surface area contributed by atoms with Gasteiger partial charge in [-0.3, -0.25) is 0 Å². The zero-order chi connectivity index (χ0) is 15.6. The molecule has 0 radical (unpaired) electrons. The van der Waals surface area contributed by atoms with Crippen molar-refractivity contribution in [3.63, 3.8) is 0 Å². The van der Waals surface area contributed by atoms with Crippen LogP contribution < -0.4 is 5.32 Å². The van der Waals surface area contributed by atoms with Gasteiger partial charge in [0.1, 0.15) is 5.82 Å². The average molecular weight is 395 g/mol. The van der Waals surface area contributed by atoms with E-state index in [-0.39, 0.29) is 5.41 Å². The van der Waals surface area contributed by atoms with Gasteiger partial charge in [0.2, 0.25) is 0 Å². The van der Waals surface area contributed by atoms with Gasteiger partial charge < -0.3 is 5.32 Å². The van der Waals surface area contributed by atoms with Crippen LogP contribution in [0.4, 0.5) is 5.82 Å². The zero-order valence-corrected chi connectivity index (χ0v) is 15.4. The summed E-state index contributed by atoms with van der Waals surface area (Å²) < 4.78 is 1.11. The molecule has 0 bridgehead atoms.